The van der Waals surface area contributed by atoms with E-state index in [2.05, 4.69) is 291 Å². The highest BCUT2D eigenvalue weighted by Crippen LogP contribution is 2.66. The summed E-state index contributed by atoms with van der Waals surface area (Å²) in [5, 5.41) is 0. The molecule has 2 nitrogen and oxygen atoms in total. The minimum atomic E-state index is -0.528. The molecule has 0 atom stereocenters. The smallest absolute Gasteiger partial charge is 0.187 e. The Morgan fingerprint density at radius 3 is 0.365 bits per heavy atom. The number of hydrogen-bond donors (Lipinski definition) is 0. The molecule has 0 saturated carbocycles. The van der Waals surface area contributed by atoms with Gasteiger partial charge in [-0.1, -0.05) is 315 Å². The number of ketones is 2. The van der Waals surface area contributed by atoms with Gasteiger partial charge in [-0.2, -0.15) is 0 Å². The quantitative estimate of drug-likeness (QED) is 0.142. The fourth-order valence-corrected chi connectivity index (χ4v) is 16.0. The highest BCUT2D eigenvalue weighted by molar-refractivity contribution is 6.30. The van der Waals surface area contributed by atoms with E-state index in [0.29, 0.717) is 22.3 Å². The minimum Gasteiger partial charge on any atom is -0.289 e. The molecule has 0 N–H and O–H groups in total. The van der Waals surface area contributed by atoms with Crippen LogP contribution < -0.4 is 0 Å². The van der Waals surface area contributed by atoms with Crippen molar-refractivity contribution in [3.63, 3.8) is 0 Å². The van der Waals surface area contributed by atoms with Crippen LogP contribution in [0.2, 0.25) is 0 Å². The zero-order chi connectivity index (χ0) is 64.1. The van der Waals surface area contributed by atoms with E-state index in [1.54, 1.807) is 0 Å². The van der Waals surface area contributed by atoms with E-state index in [1.807, 2.05) is 72.8 Å². The van der Waals surface area contributed by atoms with Gasteiger partial charge in [-0.15, -0.1) is 0 Å². The number of benzene rings is 14. The van der Waals surface area contributed by atoms with Gasteiger partial charge in [0.2, 0.25) is 0 Å². The van der Waals surface area contributed by atoms with Crippen LogP contribution >= 0.6 is 0 Å². The van der Waals surface area contributed by atoms with Crippen molar-refractivity contribution in [3.8, 4) is 89.0 Å². The lowest BCUT2D eigenvalue weighted by molar-refractivity contribution is -0.117. The first-order chi connectivity index (χ1) is 47.6. The Morgan fingerprint density at radius 1 is 0.146 bits per heavy atom. The van der Waals surface area contributed by atoms with Gasteiger partial charge in [0, 0.05) is 46.0 Å². The van der Waals surface area contributed by atoms with Crippen molar-refractivity contribution >= 4 is 11.6 Å². The number of allylic oxidation sites excluding steroid dienone is 4. The third-order valence-electron chi connectivity index (χ3n) is 20.1. The van der Waals surface area contributed by atoms with E-state index in [4.69, 9.17) is 0 Å². The lowest BCUT2D eigenvalue weighted by Crippen LogP contribution is -2.44. The molecule has 0 spiro atoms. The number of carbonyl (C=O) groups is 2. The van der Waals surface area contributed by atoms with E-state index in [9.17, 15) is 0 Å². The molecular weight excluding hydrogens is 1160 g/mol. The molecule has 0 fully saturated rings. The average Bonchev–Trinajstić information content (AvgIpc) is 0.664. The van der Waals surface area contributed by atoms with Gasteiger partial charge >= 0.3 is 0 Å². The first kappa shape index (κ1) is 57.8. The Kier molecular flexibility index (Phi) is 14.9. The second-order valence-electron chi connectivity index (χ2n) is 25.4. The highest BCUT2D eigenvalue weighted by Gasteiger charge is 2.57. The molecule has 14 aromatic rings. The van der Waals surface area contributed by atoms with Crippen LogP contribution in [0.25, 0.3) is 89.0 Å². The van der Waals surface area contributed by atoms with Crippen molar-refractivity contribution in [2.24, 2.45) is 0 Å². The van der Waals surface area contributed by atoms with Gasteiger partial charge in [0.1, 0.15) is 0 Å². The Bertz CT molecular complexity index is 4360. The topological polar surface area (TPSA) is 34.1 Å². The summed E-state index contributed by atoms with van der Waals surface area (Å²) in [5.74, 6) is -2.14. The Morgan fingerprint density at radius 2 is 0.250 bits per heavy atom. The monoisotopic (exact) mass is 1220 g/mol. The molecule has 452 valence electrons. The second kappa shape index (κ2) is 24.7. The fourth-order valence-electron chi connectivity index (χ4n) is 16.0. The predicted molar refractivity (Wildman–Crippen MR) is 394 cm³/mol. The molecule has 0 amide bonds. The largest absolute Gasteiger partial charge is 0.289 e. The zero-order valence-corrected chi connectivity index (χ0v) is 52.8. The second-order valence-corrected chi connectivity index (χ2v) is 25.4. The first-order valence-electron chi connectivity index (χ1n) is 33.3. The lowest BCUT2D eigenvalue weighted by atomic mass is 9.50. The normalized spacial score (nSPS) is 16.3. The van der Waals surface area contributed by atoms with E-state index in [1.165, 1.54) is 0 Å². The molecule has 0 aliphatic heterocycles. The molecule has 7 aliphatic rings. The zero-order valence-electron chi connectivity index (χ0n) is 52.8. The van der Waals surface area contributed by atoms with Crippen LogP contribution in [0.3, 0.4) is 0 Å². The Labute approximate surface area is 561 Å². The summed E-state index contributed by atoms with van der Waals surface area (Å²) in [7, 11) is 0. The molecule has 0 heterocycles. The molecule has 14 aromatic carbocycles. The van der Waals surface area contributed by atoms with Crippen molar-refractivity contribution in [2.75, 3.05) is 0 Å². The molecular formula is C94H64O2. The van der Waals surface area contributed by atoms with Crippen LogP contribution in [0, 0.1) is 0 Å². The molecule has 4 bridgehead atoms. The third kappa shape index (κ3) is 9.97. The Balaban J connectivity index is 0.000000527. The van der Waals surface area contributed by atoms with Gasteiger partial charge in [0.05, 0.1) is 0 Å². The van der Waals surface area contributed by atoms with E-state index >= 15 is 9.59 Å². The van der Waals surface area contributed by atoms with Gasteiger partial charge in [0.25, 0.3) is 0 Å². The average molecular weight is 1230 g/mol. The number of rotatable bonds is 8. The maximum Gasteiger partial charge on any atom is 0.187 e. The molecule has 0 unspecified atom stereocenters. The molecule has 21 rings (SSSR count). The Hall–Kier alpha value is -12.1. The van der Waals surface area contributed by atoms with Crippen molar-refractivity contribution in [1.29, 1.82) is 0 Å². The van der Waals surface area contributed by atoms with Crippen LogP contribution in [0.4, 0.5) is 0 Å². The number of hydrogen-bond acceptors (Lipinski definition) is 2. The molecule has 0 saturated heterocycles. The van der Waals surface area contributed by atoms with Gasteiger partial charge in [-0.05, 0) is 182 Å². The van der Waals surface area contributed by atoms with Crippen LogP contribution in [0.1, 0.15) is 68.2 Å². The summed E-state index contributed by atoms with van der Waals surface area (Å²) >= 11 is 0. The van der Waals surface area contributed by atoms with E-state index < -0.39 is 23.7 Å². The lowest BCUT2D eigenvalue weighted by Gasteiger charge is -2.50. The molecule has 0 aromatic heterocycles. The SMILES string of the molecule is O=C1C2=C(C(=O)C3=C1C1c4cc(-c5ccccc5)c(-c5ccccc5)cc4C3c3cc(-c4ccccc4)c(-c4ccccc4)cc31)C1c3cc(-c4ccccc4)c(-c4ccccc4)cc3C2c2cc(-c3ccccc3)c(-c3ccccc3)cc21.c1ccccc1.c1ccccc1. The van der Waals surface area contributed by atoms with Gasteiger partial charge in [-0.25, -0.2) is 0 Å². The van der Waals surface area contributed by atoms with Crippen LogP contribution in [0.15, 0.2) is 386 Å². The fraction of sp³-hybridized carbons (Fsp3) is 0.0426. The summed E-state index contributed by atoms with van der Waals surface area (Å²) in [4.78, 5) is 34.5. The van der Waals surface area contributed by atoms with E-state index in [0.717, 1.165) is 134 Å². The maximum absolute atomic E-state index is 17.3. The molecule has 0 radical (unpaired) electrons. The van der Waals surface area contributed by atoms with Gasteiger partial charge < -0.3 is 0 Å². The minimum absolute atomic E-state index is 0.0132. The number of Topliss-reactive ketones (excluding diaryl/α,β-unsaturated/α-hetero) is 2. The standard InChI is InChI=1S/C82H52O2.2C6H6/c83-81-77-73-65-41-57(49-25-9-1-10-26-49)58(50-27-11-2-12-28-50)42-66(65)74(68-44-60(52-31-15-4-16-32-52)59(43-67(68)73)51-29-13-3-14-30-51)78(77)82(84)80-76-71-47-63(55-37-21-7-22-38-55)61(53-33-17-5-18-34-53)45-69(71)75(79(80)81)70-46-62(54-35-19-6-20-36-54)64(48-72(70)76)56-39-23-8-24-40-56;2*1-2-4-6-5-3-1/h1-48,73-76H;2*1-6H. The van der Waals surface area contributed by atoms with Crippen molar-refractivity contribution in [1.82, 2.24) is 0 Å². The predicted octanol–water partition coefficient (Wildman–Crippen LogP) is 23.0. The third-order valence-corrected chi connectivity index (χ3v) is 20.1. The van der Waals surface area contributed by atoms with Crippen LogP contribution in [-0.4, -0.2) is 11.6 Å². The molecule has 2 heteroatoms. The van der Waals surface area contributed by atoms with Crippen molar-refractivity contribution in [3.05, 3.63) is 431 Å². The van der Waals surface area contributed by atoms with Gasteiger partial charge in [-0.3, -0.25) is 9.59 Å². The summed E-state index contributed by atoms with van der Waals surface area (Å²) < 4.78 is 0. The van der Waals surface area contributed by atoms with Crippen LogP contribution in [-0.2, 0) is 9.59 Å². The summed E-state index contributed by atoms with van der Waals surface area (Å²) in [6.07, 6.45) is 0. The highest BCUT2D eigenvalue weighted by atomic mass is 16.1. The maximum atomic E-state index is 17.3. The number of carbonyl (C=O) groups excluding carboxylic acids is 2. The van der Waals surface area contributed by atoms with Crippen LogP contribution in [0.5, 0.6) is 0 Å². The first-order valence-corrected chi connectivity index (χ1v) is 33.3. The summed E-state index contributed by atoms with van der Waals surface area (Å²) in [6.45, 7) is 0. The van der Waals surface area contributed by atoms with E-state index in [-0.39, 0.29) is 11.6 Å². The molecule has 7 aliphatic carbocycles. The summed E-state index contributed by atoms with van der Waals surface area (Å²) in [6, 6.07) is 128. The van der Waals surface area contributed by atoms with Gasteiger partial charge in [0.15, 0.2) is 11.6 Å². The molecule has 96 heavy (non-hydrogen) atoms. The van der Waals surface area contributed by atoms with Crippen molar-refractivity contribution < 1.29 is 9.59 Å². The van der Waals surface area contributed by atoms with Crippen molar-refractivity contribution in [2.45, 2.75) is 23.7 Å². The summed E-state index contributed by atoms with van der Waals surface area (Å²) in [5.41, 5.74) is 28.8.